The van der Waals surface area contributed by atoms with E-state index in [0.29, 0.717) is 0 Å². The summed E-state index contributed by atoms with van der Waals surface area (Å²) < 4.78 is 0. The quantitative estimate of drug-likeness (QED) is 0.509. The first-order valence-corrected chi connectivity index (χ1v) is 3.24. The molecule has 0 atom stereocenters. The van der Waals surface area contributed by atoms with Gasteiger partial charge in [0.05, 0.1) is 12.0 Å². The van der Waals surface area contributed by atoms with Gasteiger partial charge in [-0.2, -0.15) is 0 Å². The second kappa shape index (κ2) is 5.70. The van der Waals surface area contributed by atoms with Gasteiger partial charge in [-0.3, -0.25) is 4.79 Å². The summed E-state index contributed by atoms with van der Waals surface area (Å²) in [5.74, 6) is -4.33. The Morgan fingerprint density at radius 2 is 1.43 bits per heavy atom. The zero-order valence-corrected chi connectivity index (χ0v) is 7.27. The first-order valence-electron chi connectivity index (χ1n) is 3.24. The van der Waals surface area contributed by atoms with E-state index in [0.717, 1.165) is 6.92 Å². The third-order valence-electron chi connectivity index (χ3n) is 1.36. The minimum atomic E-state index is -1.53. The van der Waals surface area contributed by atoms with Crippen LogP contribution in [0.4, 0.5) is 0 Å². The van der Waals surface area contributed by atoms with Crippen molar-refractivity contribution in [3.63, 3.8) is 0 Å². The van der Waals surface area contributed by atoms with Gasteiger partial charge in [-0.05, 0) is 6.92 Å². The molecule has 0 saturated heterocycles. The van der Waals surface area contributed by atoms with Crippen LogP contribution in [0.2, 0.25) is 0 Å². The molecule has 14 heavy (non-hydrogen) atoms. The largest absolute Gasteiger partial charge is 0.481 e. The molecule has 0 rings (SSSR count). The topological polar surface area (TPSA) is 143 Å². The van der Waals surface area contributed by atoms with Gasteiger partial charge in [-0.25, -0.2) is 9.59 Å². The van der Waals surface area contributed by atoms with Crippen molar-refractivity contribution >= 4 is 17.9 Å². The zero-order chi connectivity index (χ0) is 10.6. The van der Waals surface area contributed by atoms with E-state index in [1.807, 2.05) is 0 Å². The Kier molecular flexibility index (Phi) is 5.96. The second-order valence-electron chi connectivity index (χ2n) is 2.28. The number of aliphatic carboxylic acids is 3. The maximum atomic E-state index is 10.4. The second-order valence-corrected chi connectivity index (χ2v) is 2.28. The van der Waals surface area contributed by atoms with E-state index in [9.17, 15) is 14.4 Å². The monoisotopic (exact) mass is 206 g/mol. The number of hydrogen-bond acceptors (Lipinski definition) is 3. The molecule has 0 spiro atoms. The molecule has 0 fully saturated rings. The SMILES string of the molecule is C/C(C(=O)O)=C(\CC(=O)O)C(=O)O.O. The summed E-state index contributed by atoms with van der Waals surface area (Å²) in [6.07, 6.45) is -0.798. The van der Waals surface area contributed by atoms with Crippen molar-refractivity contribution < 1.29 is 35.2 Å². The molecule has 80 valence electrons. The van der Waals surface area contributed by atoms with E-state index in [4.69, 9.17) is 15.3 Å². The van der Waals surface area contributed by atoms with E-state index in [1.165, 1.54) is 0 Å². The minimum absolute atomic E-state index is 0. The smallest absolute Gasteiger partial charge is 0.332 e. The first-order chi connectivity index (χ1) is 5.86. The Hall–Kier alpha value is -1.89. The fraction of sp³-hybridized carbons (Fsp3) is 0.286. The normalized spacial score (nSPS) is 10.9. The van der Waals surface area contributed by atoms with Crippen LogP contribution in [0.15, 0.2) is 11.1 Å². The lowest BCUT2D eigenvalue weighted by Gasteiger charge is -2.00. The number of carbonyl (C=O) groups is 3. The fourth-order valence-corrected chi connectivity index (χ4v) is 0.649. The molecule has 0 aromatic carbocycles. The molecular formula is C7H10O7. The summed E-state index contributed by atoms with van der Waals surface area (Å²) in [6.45, 7) is 1.05. The van der Waals surface area contributed by atoms with Crippen molar-refractivity contribution in [2.75, 3.05) is 0 Å². The lowest BCUT2D eigenvalue weighted by molar-refractivity contribution is -0.140. The molecule has 0 amide bonds. The van der Waals surface area contributed by atoms with Gasteiger partial charge in [0.15, 0.2) is 0 Å². The average Bonchev–Trinajstić information content (AvgIpc) is 1.97. The van der Waals surface area contributed by atoms with E-state index in [2.05, 4.69) is 0 Å². The van der Waals surface area contributed by atoms with Crippen LogP contribution in [0.1, 0.15) is 13.3 Å². The third kappa shape index (κ3) is 4.21. The first kappa shape index (κ1) is 14.6. The summed E-state index contributed by atoms with van der Waals surface area (Å²) in [5, 5.41) is 25.1. The highest BCUT2D eigenvalue weighted by atomic mass is 16.4. The highest BCUT2D eigenvalue weighted by Gasteiger charge is 2.18. The Balaban J connectivity index is 0. The van der Waals surface area contributed by atoms with Crippen LogP contribution < -0.4 is 0 Å². The zero-order valence-electron chi connectivity index (χ0n) is 7.27. The van der Waals surface area contributed by atoms with Gasteiger partial charge in [0, 0.05) is 5.57 Å². The van der Waals surface area contributed by atoms with Crippen molar-refractivity contribution in [2.45, 2.75) is 13.3 Å². The molecule has 5 N–H and O–H groups in total. The summed E-state index contributed by atoms with van der Waals surface area (Å²) >= 11 is 0. The van der Waals surface area contributed by atoms with Crippen LogP contribution in [-0.4, -0.2) is 38.7 Å². The molecular weight excluding hydrogens is 196 g/mol. The van der Waals surface area contributed by atoms with Crippen LogP contribution >= 0.6 is 0 Å². The lowest BCUT2D eigenvalue weighted by Crippen LogP contribution is -2.12. The molecule has 0 aliphatic heterocycles. The lowest BCUT2D eigenvalue weighted by atomic mass is 10.1. The van der Waals surface area contributed by atoms with Crippen LogP contribution in [0.5, 0.6) is 0 Å². The molecule has 0 aromatic rings. The number of hydrogen-bond donors (Lipinski definition) is 3. The Morgan fingerprint density at radius 3 is 1.64 bits per heavy atom. The Labute approximate surface area is 78.6 Å². The molecule has 0 radical (unpaired) electrons. The molecule has 0 aliphatic rings. The van der Waals surface area contributed by atoms with Gasteiger partial charge < -0.3 is 20.8 Å². The maximum absolute atomic E-state index is 10.4. The summed E-state index contributed by atoms with van der Waals surface area (Å²) in [6, 6.07) is 0. The van der Waals surface area contributed by atoms with Crippen LogP contribution in [0.25, 0.3) is 0 Å². The van der Waals surface area contributed by atoms with Crippen molar-refractivity contribution in [3.05, 3.63) is 11.1 Å². The van der Waals surface area contributed by atoms with Crippen molar-refractivity contribution in [2.24, 2.45) is 0 Å². The maximum Gasteiger partial charge on any atom is 0.332 e. The number of carboxylic acids is 3. The van der Waals surface area contributed by atoms with E-state index in [-0.39, 0.29) is 5.48 Å². The van der Waals surface area contributed by atoms with Gasteiger partial charge in [0.2, 0.25) is 0 Å². The summed E-state index contributed by atoms with van der Waals surface area (Å²) in [7, 11) is 0. The summed E-state index contributed by atoms with van der Waals surface area (Å²) in [5.41, 5.74) is -1.07. The number of rotatable bonds is 4. The van der Waals surface area contributed by atoms with Crippen molar-refractivity contribution in [1.82, 2.24) is 0 Å². The van der Waals surface area contributed by atoms with Gasteiger partial charge in [0.25, 0.3) is 0 Å². The predicted octanol–water partition coefficient (Wildman–Crippen LogP) is -0.878. The van der Waals surface area contributed by atoms with Gasteiger partial charge in [-0.1, -0.05) is 0 Å². The molecule has 0 bridgehead atoms. The average molecular weight is 206 g/mol. The molecule has 7 heteroatoms. The Morgan fingerprint density at radius 1 is 1.00 bits per heavy atom. The van der Waals surface area contributed by atoms with Crippen LogP contribution in [-0.2, 0) is 14.4 Å². The molecule has 0 unspecified atom stereocenters. The Bertz CT molecular complexity index is 288. The van der Waals surface area contributed by atoms with Crippen LogP contribution in [0.3, 0.4) is 0 Å². The fourth-order valence-electron chi connectivity index (χ4n) is 0.649. The molecule has 0 aromatic heterocycles. The van der Waals surface area contributed by atoms with Gasteiger partial charge in [-0.15, -0.1) is 0 Å². The molecule has 7 nitrogen and oxygen atoms in total. The van der Waals surface area contributed by atoms with Crippen LogP contribution in [0, 0.1) is 0 Å². The van der Waals surface area contributed by atoms with Crippen molar-refractivity contribution in [3.8, 4) is 0 Å². The van der Waals surface area contributed by atoms with Crippen molar-refractivity contribution in [1.29, 1.82) is 0 Å². The van der Waals surface area contributed by atoms with Gasteiger partial charge in [0.1, 0.15) is 0 Å². The molecule has 0 heterocycles. The van der Waals surface area contributed by atoms with Gasteiger partial charge >= 0.3 is 17.9 Å². The van der Waals surface area contributed by atoms with E-state index in [1.54, 1.807) is 0 Å². The number of carboxylic acid groups (broad SMARTS) is 3. The summed E-state index contributed by atoms with van der Waals surface area (Å²) in [4.78, 5) is 30.9. The minimum Gasteiger partial charge on any atom is -0.481 e. The predicted molar refractivity (Wildman–Crippen MR) is 43.8 cm³/mol. The highest BCUT2D eigenvalue weighted by Crippen LogP contribution is 2.09. The molecule has 0 aliphatic carbocycles. The van der Waals surface area contributed by atoms with E-state index < -0.39 is 35.5 Å². The highest BCUT2D eigenvalue weighted by molar-refractivity contribution is 6.01. The standard InChI is InChI=1S/C7H8O6.H2O/c1-3(6(10)11)4(7(12)13)2-5(8)9;/h2H2,1H3,(H,8,9)(H,10,11)(H,12,13);1H2/b4-3-;. The molecule has 0 saturated carbocycles. The van der Waals surface area contributed by atoms with E-state index >= 15 is 0 Å². The third-order valence-corrected chi connectivity index (χ3v) is 1.36.